The third kappa shape index (κ3) is 3.68. The Hall–Kier alpha value is -2.14. The number of rotatable bonds is 5. The predicted molar refractivity (Wildman–Crippen MR) is 74.9 cm³/mol. The molecule has 4 N–H and O–H groups in total. The number of nitrogens with one attached hydrogen (secondary N) is 1. The van der Waals surface area contributed by atoms with Crippen LogP contribution in [-0.4, -0.2) is 29.1 Å². The van der Waals surface area contributed by atoms with E-state index in [1.54, 1.807) is 12.2 Å². The Morgan fingerprint density at radius 2 is 2.00 bits per heavy atom. The highest BCUT2D eigenvalue weighted by Gasteiger charge is 2.26. The van der Waals surface area contributed by atoms with Gasteiger partial charge < -0.3 is 16.2 Å². The summed E-state index contributed by atoms with van der Waals surface area (Å²) < 4.78 is 0. The first kappa shape index (κ1) is 14.3. The van der Waals surface area contributed by atoms with Gasteiger partial charge >= 0.3 is 5.97 Å². The molecule has 0 saturated carbocycles. The first-order chi connectivity index (χ1) is 9.56. The molecule has 0 bridgehead atoms. The highest BCUT2D eigenvalue weighted by Crippen LogP contribution is 2.18. The maximum absolute atomic E-state index is 12.0. The molecule has 0 aromatic heterocycles. The Labute approximate surface area is 117 Å². The Morgan fingerprint density at radius 1 is 1.30 bits per heavy atom. The normalized spacial score (nSPS) is 22.4. The molecule has 5 heteroatoms. The van der Waals surface area contributed by atoms with Crippen LogP contribution in [0.1, 0.15) is 12.0 Å². The second-order valence-electron chi connectivity index (χ2n) is 4.98. The summed E-state index contributed by atoms with van der Waals surface area (Å²) in [6.07, 6.45) is 4.17. The largest absolute Gasteiger partial charge is 0.481 e. The standard InChI is InChI=1S/C15H18N2O3/c16-13(8-10-4-2-1-3-5-10)14(18)17-12-7-6-11(9-12)15(19)20/h1-7,11-13H,8-9,16H2,(H,17,18)(H,19,20). The van der Waals surface area contributed by atoms with Crippen molar-refractivity contribution in [3.8, 4) is 0 Å². The van der Waals surface area contributed by atoms with Crippen LogP contribution < -0.4 is 11.1 Å². The summed E-state index contributed by atoms with van der Waals surface area (Å²) in [4.78, 5) is 22.8. The summed E-state index contributed by atoms with van der Waals surface area (Å²) in [5.74, 6) is -1.65. The first-order valence-electron chi connectivity index (χ1n) is 6.57. The summed E-state index contributed by atoms with van der Waals surface area (Å²) in [6, 6.07) is 8.67. The molecule has 0 aliphatic heterocycles. The lowest BCUT2D eigenvalue weighted by atomic mass is 10.0. The van der Waals surface area contributed by atoms with Crippen LogP contribution in [0.2, 0.25) is 0 Å². The zero-order chi connectivity index (χ0) is 14.5. The number of benzene rings is 1. The van der Waals surface area contributed by atoms with Gasteiger partial charge in [0, 0.05) is 6.04 Å². The fraction of sp³-hybridized carbons (Fsp3) is 0.333. The Balaban J connectivity index is 1.83. The minimum absolute atomic E-state index is 0.245. The van der Waals surface area contributed by atoms with Gasteiger partial charge in [-0.3, -0.25) is 9.59 Å². The van der Waals surface area contributed by atoms with Gasteiger partial charge in [-0.25, -0.2) is 0 Å². The number of carbonyl (C=O) groups is 2. The number of hydrogen-bond donors (Lipinski definition) is 3. The number of amides is 1. The van der Waals surface area contributed by atoms with E-state index < -0.39 is 17.9 Å². The summed E-state index contributed by atoms with van der Waals surface area (Å²) in [5, 5.41) is 11.7. The molecular formula is C15H18N2O3. The third-order valence-corrected chi connectivity index (χ3v) is 3.36. The molecule has 0 saturated heterocycles. The van der Waals surface area contributed by atoms with Gasteiger partial charge in [-0.1, -0.05) is 42.5 Å². The summed E-state index contributed by atoms with van der Waals surface area (Å²) in [6.45, 7) is 0. The van der Waals surface area contributed by atoms with Crippen LogP contribution in [0.15, 0.2) is 42.5 Å². The van der Waals surface area contributed by atoms with Gasteiger partial charge in [-0.15, -0.1) is 0 Å². The second-order valence-corrected chi connectivity index (χ2v) is 4.98. The number of hydrogen-bond acceptors (Lipinski definition) is 3. The molecule has 1 aliphatic rings. The molecule has 1 aliphatic carbocycles. The average molecular weight is 274 g/mol. The van der Waals surface area contributed by atoms with Crippen molar-refractivity contribution in [2.24, 2.45) is 11.7 Å². The van der Waals surface area contributed by atoms with Crippen LogP contribution in [0.5, 0.6) is 0 Å². The topological polar surface area (TPSA) is 92.4 Å². The van der Waals surface area contributed by atoms with Gasteiger partial charge in [0.1, 0.15) is 0 Å². The van der Waals surface area contributed by atoms with Crippen LogP contribution in [0.3, 0.4) is 0 Å². The predicted octanol–water partition coefficient (Wildman–Crippen LogP) is 0.702. The maximum atomic E-state index is 12.0. The van der Waals surface area contributed by atoms with Crippen molar-refractivity contribution in [1.82, 2.24) is 5.32 Å². The molecule has 20 heavy (non-hydrogen) atoms. The van der Waals surface area contributed by atoms with E-state index in [0.29, 0.717) is 12.8 Å². The van der Waals surface area contributed by atoms with Crippen molar-refractivity contribution in [2.75, 3.05) is 0 Å². The second kappa shape index (κ2) is 6.34. The number of carboxylic acid groups (broad SMARTS) is 1. The number of carboxylic acids is 1. The van der Waals surface area contributed by atoms with Crippen molar-refractivity contribution in [3.05, 3.63) is 48.0 Å². The lowest BCUT2D eigenvalue weighted by molar-refractivity contribution is -0.140. The summed E-state index contributed by atoms with van der Waals surface area (Å²) in [5.41, 5.74) is 6.87. The quantitative estimate of drug-likeness (QED) is 0.689. The van der Waals surface area contributed by atoms with Crippen LogP contribution in [0.25, 0.3) is 0 Å². The minimum atomic E-state index is -0.869. The monoisotopic (exact) mass is 274 g/mol. The maximum Gasteiger partial charge on any atom is 0.310 e. The molecule has 1 aromatic carbocycles. The van der Waals surface area contributed by atoms with Crippen molar-refractivity contribution in [3.63, 3.8) is 0 Å². The van der Waals surface area contributed by atoms with Gasteiger partial charge in [0.2, 0.25) is 5.91 Å². The lowest BCUT2D eigenvalue weighted by Crippen LogP contribution is -2.45. The Bertz CT molecular complexity index is 513. The number of nitrogens with two attached hydrogens (primary N) is 1. The fourth-order valence-electron chi connectivity index (χ4n) is 2.24. The molecule has 1 amide bonds. The number of aliphatic carboxylic acids is 1. The summed E-state index contributed by atoms with van der Waals surface area (Å²) >= 11 is 0. The molecular weight excluding hydrogens is 256 g/mol. The molecule has 106 valence electrons. The van der Waals surface area contributed by atoms with E-state index in [2.05, 4.69) is 5.32 Å². The molecule has 5 nitrogen and oxygen atoms in total. The highest BCUT2D eigenvalue weighted by atomic mass is 16.4. The number of carbonyl (C=O) groups excluding carboxylic acids is 1. The van der Waals surface area contributed by atoms with Crippen LogP contribution >= 0.6 is 0 Å². The van der Waals surface area contributed by atoms with Gasteiger partial charge in [0.25, 0.3) is 0 Å². The van der Waals surface area contributed by atoms with Crippen LogP contribution in [-0.2, 0) is 16.0 Å². The van der Waals surface area contributed by atoms with Crippen molar-refractivity contribution in [1.29, 1.82) is 0 Å². The highest BCUT2D eigenvalue weighted by molar-refractivity contribution is 5.82. The van der Waals surface area contributed by atoms with Crippen molar-refractivity contribution >= 4 is 11.9 Å². The van der Waals surface area contributed by atoms with Gasteiger partial charge in [0.15, 0.2) is 0 Å². The van der Waals surface area contributed by atoms with Crippen molar-refractivity contribution in [2.45, 2.75) is 24.9 Å². The average Bonchev–Trinajstić information content (AvgIpc) is 2.88. The van der Waals surface area contributed by atoms with E-state index in [4.69, 9.17) is 10.8 Å². The molecule has 0 fully saturated rings. The summed E-state index contributed by atoms with van der Waals surface area (Å²) in [7, 11) is 0. The molecule has 3 atom stereocenters. The van der Waals surface area contributed by atoms with E-state index in [-0.39, 0.29) is 11.9 Å². The van der Waals surface area contributed by atoms with Gasteiger partial charge in [0.05, 0.1) is 12.0 Å². The lowest BCUT2D eigenvalue weighted by Gasteiger charge is -2.16. The van der Waals surface area contributed by atoms with Crippen molar-refractivity contribution < 1.29 is 14.7 Å². The molecule has 3 unspecified atom stereocenters. The molecule has 0 spiro atoms. The first-order valence-corrected chi connectivity index (χ1v) is 6.57. The van der Waals surface area contributed by atoms with E-state index in [1.165, 1.54) is 0 Å². The van der Waals surface area contributed by atoms with E-state index >= 15 is 0 Å². The Morgan fingerprint density at radius 3 is 2.60 bits per heavy atom. The van der Waals surface area contributed by atoms with E-state index in [0.717, 1.165) is 5.56 Å². The van der Waals surface area contributed by atoms with E-state index in [9.17, 15) is 9.59 Å². The smallest absolute Gasteiger partial charge is 0.310 e. The third-order valence-electron chi connectivity index (χ3n) is 3.36. The molecule has 1 aromatic rings. The Kier molecular flexibility index (Phi) is 4.53. The van der Waals surface area contributed by atoms with Crippen LogP contribution in [0, 0.1) is 5.92 Å². The van der Waals surface area contributed by atoms with Gasteiger partial charge in [-0.05, 0) is 18.4 Å². The van der Waals surface area contributed by atoms with Gasteiger partial charge in [-0.2, -0.15) is 0 Å². The fourth-order valence-corrected chi connectivity index (χ4v) is 2.24. The van der Waals surface area contributed by atoms with Crippen LogP contribution in [0.4, 0.5) is 0 Å². The minimum Gasteiger partial charge on any atom is -0.481 e. The zero-order valence-electron chi connectivity index (χ0n) is 11.0. The van der Waals surface area contributed by atoms with E-state index in [1.807, 2.05) is 30.3 Å². The molecule has 0 radical (unpaired) electrons. The zero-order valence-corrected chi connectivity index (χ0v) is 11.0. The SMILES string of the molecule is NC(Cc1ccccc1)C(=O)NC1C=CC(C(=O)O)C1. The molecule has 2 rings (SSSR count). The molecule has 0 heterocycles.